The van der Waals surface area contributed by atoms with Crippen molar-refractivity contribution in [3.05, 3.63) is 61.7 Å². The summed E-state index contributed by atoms with van der Waals surface area (Å²) in [5, 5.41) is 10.9. The quantitative estimate of drug-likeness (QED) is 0.259. The fraction of sp³-hybridized carbons (Fsp3) is 0.0714. The highest BCUT2D eigenvalue weighted by Gasteiger charge is 2.19. The van der Waals surface area contributed by atoms with E-state index in [-0.39, 0.29) is 17.0 Å². The second-order valence-electron chi connectivity index (χ2n) is 3.99. The number of nitrogens with zero attached hydrogens (tertiary/aromatic N) is 1. The molecule has 0 spiro atoms. The van der Waals surface area contributed by atoms with Crippen molar-refractivity contribution in [3.63, 3.8) is 0 Å². The van der Waals surface area contributed by atoms with Crippen molar-refractivity contribution in [1.82, 2.24) is 0 Å². The molecular formula is C14H10INO5. The van der Waals surface area contributed by atoms with Crippen LogP contribution in [0.2, 0.25) is 0 Å². The van der Waals surface area contributed by atoms with E-state index in [9.17, 15) is 14.9 Å². The highest BCUT2D eigenvalue weighted by molar-refractivity contribution is 14.1. The van der Waals surface area contributed by atoms with Gasteiger partial charge in [-0.1, -0.05) is 6.07 Å². The van der Waals surface area contributed by atoms with Gasteiger partial charge in [0.25, 0.3) is 0 Å². The number of esters is 1. The van der Waals surface area contributed by atoms with Gasteiger partial charge < -0.3 is 9.47 Å². The van der Waals surface area contributed by atoms with Crippen molar-refractivity contribution >= 4 is 34.2 Å². The van der Waals surface area contributed by atoms with Crippen LogP contribution in [0.3, 0.4) is 0 Å². The Morgan fingerprint density at radius 2 is 2.00 bits per heavy atom. The molecule has 0 amide bonds. The van der Waals surface area contributed by atoms with E-state index in [2.05, 4.69) is 22.6 Å². The van der Waals surface area contributed by atoms with Crippen molar-refractivity contribution in [2.75, 3.05) is 7.11 Å². The Morgan fingerprint density at radius 3 is 2.62 bits per heavy atom. The molecule has 0 fully saturated rings. The van der Waals surface area contributed by atoms with E-state index in [4.69, 9.17) is 9.47 Å². The predicted molar refractivity (Wildman–Crippen MR) is 83.8 cm³/mol. The SMILES string of the molecule is COc1ccc(C(=O)Oc2cccc(I)c2)cc1[N+](=O)[O-]. The molecule has 0 radical (unpaired) electrons. The van der Waals surface area contributed by atoms with Gasteiger partial charge in [-0.3, -0.25) is 10.1 Å². The Bertz CT molecular complexity index is 702. The summed E-state index contributed by atoms with van der Waals surface area (Å²) in [6.07, 6.45) is 0. The van der Waals surface area contributed by atoms with Gasteiger partial charge in [0, 0.05) is 9.64 Å². The van der Waals surface area contributed by atoms with Crippen LogP contribution in [0.15, 0.2) is 42.5 Å². The second kappa shape index (κ2) is 6.53. The molecule has 2 aromatic carbocycles. The molecule has 0 saturated carbocycles. The average Bonchev–Trinajstić information content (AvgIpc) is 2.46. The van der Waals surface area contributed by atoms with Crippen LogP contribution in [0.5, 0.6) is 11.5 Å². The Labute approximate surface area is 134 Å². The topological polar surface area (TPSA) is 78.7 Å². The van der Waals surface area contributed by atoms with Gasteiger partial charge in [0.15, 0.2) is 5.75 Å². The van der Waals surface area contributed by atoms with Crippen LogP contribution >= 0.6 is 22.6 Å². The first-order valence-corrected chi connectivity index (χ1v) is 6.89. The molecule has 0 aliphatic heterocycles. The summed E-state index contributed by atoms with van der Waals surface area (Å²) in [4.78, 5) is 22.3. The number of carbonyl (C=O) groups is 1. The summed E-state index contributed by atoms with van der Waals surface area (Å²) < 4.78 is 11.0. The second-order valence-corrected chi connectivity index (χ2v) is 5.24. The maximum absolute atomic E-state index is 12.0. The monoisotopic (exact) mass is 399 g/mol. The summed E-state index contributed by atoms with van der Waals surface area (Å²) >= 11 is 2.09. The third kappa shape index (κ3) is 3.69. The molecule has 0 atom stereocenters. The van der Waals surface area contributed by atoms with Gasteiger partial charge in [-0.05, 0) is 52.9 Å². The maximum atomic E-state index is 12.0. The first-order valence-electron chi connectivity index (χ1n) is 5.81. The number of benzene rings is 2. The number of hydrogen-bond acceptors (Lipinski definition) is 5. The smallest absolute Gasteiger partial charge is 0.343 e. The number of nitro benzene ring substituents is 1. The minimum atomic E-state index is -0.664. The molecule has 2 rings (SSSR count). The number of nitro groups is 1. The fourth-order valence-corrected chi connectivity index (χ4v) is 2.17. The molecule has 0 bridgehead atoms. The zero-order valence-electron chi connectivity index (χ0n) is 10.9. The lowest BCUT2D eigenvalue weighted by Gasteiger charge is -2.06. The molecule has 2 aromatic rings. The highest BCUT2D eigenvalue weighted by Crippen LogP contribution is 2.28. The lowest BCUT2D eigenvalue weighted by Crippen LogP contribution is -2.09. The van der Waals surface area contributed by atoms with Crippen LogP contribution in [0.25, 0.3) is 0 Å². The molecule has 0 aromatic heterocycles. The van der Waals surface area contributed by atoms with Gasteiger partial charge in [-0.2, -0.15) is 0 Å². The fourth-order valence-electron chi connectivity index (χ4n) is 1.66. The standard InChI is InChI=1S/C14H10INO5/c1-20-13-6-5-9(7-12(13)16(18)19)14(17)21-11-4-2-3-10(15)8-11/h2-8H,1H3. The van der Waals surface area contributed by atoms with E-state index in [0.717, 1.165) is 9.64 Å². The van der Waals surface area contributed by atoms with Gasteiger partial charge in [-0.15, -0.1) is 0 Å². The van der Waals surface area contributed by atoms with Crippen molar-refractivity contribution in [2.24, 2.45) is 0 Å². The van der Waals surface area contributed by atoms with E-state index in [0.29, 0.717) is 5.75 Å². The molecule has 108 valence electrons. The maximum Gasteiger partial charge on any atom is 0.343 e. The summed E-state index contributed by atoms with van der Waals surface area (Å²) in [7, 11) is 1.33. The van der Waals surface area contributed by atoms with Gasteiger partial charge in [0.2, 0.25) is 0 Å². The number of carbonyl (C=O) groups excluding carboxylic acids is 1. The van der Waals surface area contributed by atoms with Crippen molar-refractivity contribution < 1.29 is 19.2 Å². The average molecular weight is 399 g/mol. The third-order valence-electron chi connectivity index (χ3n) is 2.62. The van der Waals surface area contributed by atoms with Crippen LogP contribution in [-0.4, -0.2) is 18.0 Å². The Morgan fingerprint density at radius 1 is 1.24 bits per heavy atom. The lowest BCUT2D eigenvalue weighted by atomic mass is 10.2. The highest BCUT2D eigenvalue weighted by atomic mass is 127. The van der Waals surface area contributed by atoms with E-state index >= 15 is 0 Å². The predicted octanol–water partition coefficient (Wildman–Crippen LogP) is 3.43. The third-order valence-corrected chi connectivity index (χ3v) is 3.29. The van der Waals surface area contributed by atoms with Gasteiger partial charge in [-0.25, -0.2) is 4.79 Å². The number of halogens is 1. The number of rotatable bonds is 4. The molecule has 7 heteroatoms. The number of hydrogen-bond donors (Lipinski definition) is 0. The normalized spacial score (nSPS) is 10.0. The zero-order chi connectivity index (χ0) is 15.4. The largest absolute Gasteiger partial charge is 0.490 e. The van der Waals surface area contributed by atoms with Crippen molar-refractivity contribution in [2.45, 2.75) is 0 Å². The molecule has 0 aliphatic rings. The molecule has 0 aliphatic carbocycles. The summed E-state index contributed by atoms with van der Waals surface area (Å²) in [6, 6.07) is 10.9. The summed E-state index contributed by atoms with van der Waals surface area (Å²) in [5.74, 6) is -0.195. The zero-order valence-corrected chi connectivity index (χ0v) is 13.1. The summed E-state index contributed by atoms with van der Waals surface area (Å²) in [5.41, 5.74) is -0.198. The first kappa shape index (κ1) is 15.2. The molecule has 21 heavy (non-hydrogen) atoms. The van der Waals surface area contributed by atoms with Crippen LogP contribution in [0, 0.1) is 13.7 Å². The van der Waals surface area contributed by atoms with E-state index in [1.807, 2.05) is 6.07 Å². The Hall–Kier alpha value is -2.16. The van der Waals surface area contributed by atoms with Gasteiger partial charge in [0.05, 0.1) is 17.6 Å². The van der Waals surface area contributed by atoms with Crippen molar-refractivity contribution in [1.29, 1.82) is 0 Å². The first-order chi connectivity index (χ1) is 10.0. The van der Waals surface area contributed by atoms with Gasteiger partial charge >= 0.3 is 11.7 Å². The Balaban J connectivity index is 2.27. The molecule has 0 saturated heterocycles. The van der Waals surface area contributed by atoms with Gasteiger partial charge in [0.1, 0.15) is 5.75 Å². The molecule has 0 unspecified atom stereocenters. The molecule has 0 N–H and O–H groups in total. The molecular weight excluding hydrogens is 389 g/mol. The van der Waals surface area contributed by atoms with Crippen molar-refractivity contribution in [3.8, 4) is 11.5 Å². The summed E-state index contributed by atoms with van der Waals surface area (Å²) in [6.45, 7) is 0. The number of methoxy groups -OCH3 is 1. The minimum absolute atomic E-state index is 0.0846. The van der Waals surface area contributed by atoms with E-state index in [1.54, 1.807) is 18.2 Å². The minimum Gasteiger partial charge on any atom is -0.490 e. The van der Waals surface area contributed by atoms with Crippen LogP contribution in [0.4, 0.5) is 5.69 Å². The van der Waals surface area contributed by atoms with Crippen LogP contribution in [0.1, 0.15) is 10.4 Å². The Kier molecular flexibility index (Phi) is 4.73. The van der Waals surface area contributed by atoms with Crippen LogP contribution in [-0.2, 0) is 0 Å². The van der Waals surface area contributed by atoms with E-state index < -0.39 is 10.9 Å². The molecule has 6 nitrogen and oxygen atoms in total. The lowest BCUT2D eigenvalue weighted by molar-refractivity contribution is -0.385. The number of ether oxygens (including phenoxy) is 2. The van der Waals surface area contributed by atoms with E-state index in [1.165, 1.54) is 19.2 Å². The van der Waals surface area contributed by atoms with Crippen LogP contribution < -0.4 is 9.47 Å². The molecule has 0 heterocycles.